The molecule has 0 spiro atoms. The Balaban J connectivity index is 2.89. The van der Waals surface area contributed by atoms with E-state index >= 15 is 0 Å². The number of para-hydroxylation sites is 1. The molecule has 0 saturated carbocycles. The molecular weight excluding hydrogens is 242 g/mol. The molecule has 0 aromatic heterocycles. The summed E-state index contributed by atoms with van der Waals surface area (Å²) in [5.74, 6) is 1.41. The number of aliphatic hydroxyl groups excluding tert-OH is 1. The molecule has 4 heteroatoms. The summed E-state index contributed by atoms with van der Waals surface area (Å²) in [4.78, 5) is 0. The monoisotopic (exact) mass is 265 g/mol. The summed E-state index contributed by atoms with van der Waals surface area (Å²) in [7, 11) is 1.62. The highest BCUT2D eigenvalue weighted by molar-refractivity contribution is 5.46. The average Bonchev–Trinajstić information content (AvgIpc) is 2.43. The van der Waals surface area contributed by atoms with Crippen LogP contribution in [-0.2, 0) is 6.54 Å². The van der Waals surface area contributed by atoms with Gasteiger partial charge in [-0.3, -0.25) is 0 Å². The summed E-state index contributed by atoms with van der Waals surface area (Å²) >= 11 is 0. The highest BCUT2D eigenvalue weighted by Crippen LogP contribution is 2.31. The van der Waals surface area contributed by atoms with Gasteiger partial charge in [-0.15, -0.1) is 0 Å². The predicted molar refractivity (Wildman–Crippen MR) is 76.7 cm³/mol. The van der Waals surface area contributed by atoms with Crippen LogP contribution in [0.15, 0.2) is 30.9 Å². The summed E-state index contributed by atoms with van der Waals surface area (Å²) in [5.41, 5.74) is 0.654. The van der Waals surface area contributed by atoms with Crippen molar-refractivity contribution in [2.45, 2.75) is 25.9 Å². The maximum absolute atomic E-state index is 9.25. The fourth-order valence-corrected chi connectivity index (χ4v) is 1.56. The van der Waals surface area contributed by atoms with Crippen LogP contribution in [0.5, 0.6) is 11.5 Å². The molecule has 0 bridgehead atoms. The zero-order valence-electron chi connectivity index (χ0n) is 11.9. The van der Waals surface area contributed by atoms with Crippen molar-refractivity contribution in [2.24, 2.45) is 0 Å². The van der Waals surface area contributed by atoms with Gasteiger partial charge in [0.2, 0.25) is 0 Å². The Morgan fingerprint density at radius 2 is 2.16 bits per heavy atom. The first-order valence-corrected chi connectivity index (χ1v) is 6.29. The van der Waals surface area contributed by atoms with Crippen LogP contribution in [0.2, 0.25) is 0 Å². The van der Waals surface area contributed by atoms with Crippen LogP contribution in [0.3, 0.4) is 0 Å². The van der Waals surface area contributed by atoms with Gasteiger partial charge in [0.1, 0.15) is 6.61 Å². The number of rotatable bonds is 8. The van der Waals surface area contributed by atoms with Crippen LogP contribution in [-0.4, -0.2) is 31.0 Å². The molecule has 0 amide bonds. The lowest BCUT2D eigenvalue weighted by Gasteiger charge is -2.24. The Kier molecular flexibility index (Phi) is 5.86. The van der Waals surface area contributed by atoms with E-state index < -0.39 is 0 Å². The zero-order chi connectivity index (χ0) is 14.3. The van der Waals surface area contributed by atoms with Gasteiger partial charge in [-0.1, -0.05) is 24.8 Å². The molecule has 0 fully saturated rings. The van der Waals surface area contributed by atoms with Crippen molar-refractivity contribution in [3.63, 3.8) is 0 Å². The molecule has 0 heterocycles. The lowest BCUT2D eigenvalue weighted by molar-refractivity contribution is 0.186. The molecule has 0 saturated heterocycles. The maximum atomic E-state index is 9.25. The number of aliphatic hydroxyl groups is 1. The van der Waals surface area contributed by atoms with Gasteiger partial charge in [-0.05, 0) is 19.9 Å². The quantitative estimate of drug-likeness (QED) is 0.707. The van der Waals surface area contributed by atoms with E-state index in [9.17, 15) is 5.11 Å². The molecule has 106 valence electrons. The molecule has 0 aliphatic carbocycles. The summed E-state index contributed by atoms with van der Waals surface area (Å²) in [6, 6.07) is 5.75. The zero-order valence-corrected chi connectivity index (χ0v) is 11.9. The lowest BCUT2D eigenvalue weighted by Crippen LogP contribution is -2.42. The number of methoxy groups -OCH3 is 1. The molecule has 0 unspecified atom stereocenters. The van der Waals surface area contributed by atoms with Crippen LogP contribution < -0.4 is 14.8 Å². The van der Waals surface area contributed by atoms with Crippen molar-refractivity contribution < 1.29 is 14.6 Å². The minimum atomic E-state index is -0.335. The maximum Gasteiger partial charge on any atom is 0.166 e. The second kappa shape index (κ2) is 7.16. The molecule has 0 radical (unpaired) electrons. The summed E-state index contributed by atoms with van der Waals surface area (Å²) in [6.45, 7) is 8.62. The molecule has 0 aliphatic heterocycles. The van der Waals surface area contributed by atoms with Crippen LogP contribution in [0.4, 0.5) is 0 Å². The van der Waals surface area contributed by atoms with Gasteiger partial charge in [0.05, 0.1) is 13.7 Å². The summed E-state index contributed by atoms with van der Waals surface area (Å²) < 4.78 is 11.0. The molecule has 1 rings (SSSR count). The Hall–Kier alpha value is -1.52. The van der Waals surface area contributed by atoms with Crippen LogP contribution in [0.1, 0.15) is 19.4 Å². The smallest absolute Gasteiger partial charge is 0.166 e. The van der Waals surface area contributed by atoms with Gasteiger partial charge in [0.25, 0.3) is 0 Å². The van der Waals surface area contributed by atoms with Crippen molar-refractivity contribution in [3.05, 3.63) is 36.4 Å². The minimum absolute atomic E-state index is 0.0693. The van der Waals surface area contributed by atoms with E-state index in [-0.39, 0.29) is 12.1 Å². The topological polar surface area (TPSA) is 50.7 Å². The molecule has 0 atom stereocenters. The second-order valence-electron chi connectivity index (χ2n) is 4.94. The van der Waals surface area contributed by atoms with Crippen molar-refractivity contribution in [1.82, 2.24) is 5.32 Å². The summed E-state index contributed by atoms with van der Waals surface area (Å²) in [5, 5.41) is 12.5. The number of hydrogen-bond donors (Lipinski definition) is 2. The Morgan fingerprint density at radius 3 is 2.74 bits per heavy atom. The fourth-order valence-electron chi connectivity index (χ4n) is 1.56. The molecule has 2 N–H and O–H groups in total. The number of ether oxygens (including phenoxy) is 2. The number of nitrogens with one attached hydrogen (secondary N) is 1. The largest absolute Gasteiger partial charge is 0.493 e. The van der Waals surface area contributed by atoms with Gasteiger partial charge in [-0.2, -0.15) is 0 Å². The third-order valence-electron chi connectivity index (χ3n) is 2.78. The van der Waals surface area contributed by atoms with E-state index in [0.717, 1.165) is 5.56 Å². The third kappa shape index (κ3) is 4.58. The molecule has 1 aromatic carbocycles. The third-order valence-corrected chi connectivity index (χ3v) is 2.78. The Morgan fingerprint density at radius 1 is 1.42 bits per heavy atom. The van der Waals surface area contributed by atoms with Gasteiger partial charge in [0.15, 0.2) is 11.5 Å². The highest BCUT2D eigenvalue weighted by atomic mass is 16.5. The van der Waals surface area contributed by atoms with E-state index in [2.05, 4.69) is 11.9 Å². The van der Waals surface area contributed by atoms with Gasteiger partial charge in [0, 0.05) is 17.6 Å². The first kappa shape index (κ1) is 15.5. The highest BCUT2D eigenvalue weighted by Gasteiger charge is 2.17. The average molecular weight is 265 g/mol. The molecule has 0 aliphatic rings. The van der Waals surface area contributed by atoms with Crippen molar-refractivity contribution in [2.75, 3.05) is 20.3 Å². The van der Waals surface area contributed by atoms with Crippen LogP contribution in [0.25, 0.3) is 0 Å². The SMILES string of the molecule is C=CCOc1c(CNC(C)(C)CO)cccc1OC. The Bertz CT molecular complexity index is 416. The van der Waals surface area contributed by atoms with E-state index in [1.54, 1.807) is 13.2 Å². The van der Waals surface area contributed by atoms with Crippen molar-refractivity contribution in [3.8, 4) is 11.5 Å². The van der Waals surface area contributed by atoms with Crippen molar-refractivity contribution in [1.29, 1.82) is 0 Å². The minimum Gasteiger partial charge on any atom is -0.493 e. The molecule has 4 nitrogen and oxygen atoms in total. The first-order chi connectivity index (χ1) is 9.04. The van der Waals surface area contributed by atoms with E-state index in [0.29, 0.717) is 24.7 Å². The van der Waals surface area contributed by atoms with Gasteiger partial charge < -0.3 is 19.9 Å². The summed E-state index contributed by atoms with van der Waals surface area (Å²) in [6.07, 6.45) is 1.70. The standard InChI is InChI=1S/C15H23NO3/c1-5-9-19-14-12(7-6-8-13(14)18-4)10-16-15(2,3)11-17/h5-8,16-17H,1,9-11H2,2-4H3. The van der Waals surface area contributed by atoms with E-state index in [4.69, 9.17) is 9.47 Å². The number of benzene rings is 1. The van der Waals surface area contributed by atoms with Crippen LogP contribution in [0, 0.1) is 0 Å². The predicted octanol–water partition coefficient (Wildman–Crippen LogP) is 2.12. The molecular formula is C15H23NO3. The Labute approximate surface area is 115 Å². The van der Waals surface area contributed by atoms with Gasteiger partial charge >= 0.3 is 0 Å². The molecule has 19 heavy (non-hydrogen) atoms. The normalized spacial score (nSPS) is 11.2. The number of hydrogen-bond acceptors (Lipinski definition) is 4. The van der Waals surface area contributed by atoms with Crippen LogP contribution >= 0.6 is 0 Å². The van der Waals surface area contributed by atoms with E-state index in [1.165, 1.54) is 0 Å². The molecule has 1 aromatic rings. The van der Waals surface area contributed by atoms with E-state index in [1.807, 2.05) is 32.0 Å². The fraction of sp³-hybridized carbons (Fsp3) is 0.467. The van der Waals surface area contributed by atoms with Crippen molar-refractivity contribution >= 4 is 0 Å². The lowest BCUT2D eigenvalue weighted by atomic mass is 10.1. The second-order valence-corrected chi connectivity index (χ2v) is 4.94. The first-order valence-electron chi connectivity index (χ1n) is 6.29. The van der Waals surface area contributed by atoms with Gasteiger partial charge in [-0.25, -0.2) is 0 Å².